The molecule has 0 aromatic carbocycles. The molecule has 0 saturated carbocycles. The van der Waals surface area contributed by atoms with Gasteiger partial charge in [0.1, 0.15) is 0 Å². The minimum atomic E-state index is -0.0896. The number of nitrogens with one attached hydrogen (secondary N) is 3. The third kappa shape index (κ3) is 4.48. The molecule has 1 fully saturated rings. The first-order valence-corrected chi connectivity index (χ1v) is 6.96. The summed E-state index contributed by atoms with van der Waals surface area (Å²) in [6, 6.07) is 0.282. The number of hydrogen-bond acceptors (Lipinski definition) is 4. The van der Waals surface area contributed by atoms with Crippen molar-refractivity contribution in [1.29, 1.82) is 0 Å². The van der Waals surface area contributed by atoms with E-state index in [1.54, 1.807) is 0 Å². The lowest BCUT2D eigenvalue weighted by molar-refractivity contribution is -0.124. The summed E-state index contributed by atoms with van der Waals surface area (Å²) >= 11 is 4.42. The molecule has 3 N–H and O–H groups in total. The van der Waals surface area contributed by atoms with Gasteiger partial charge < -0.3 is 16.0 Å². The van der Waals surface area contributed by atoms with E-state index in [9.17, 15) is 4.79 Å². The van der Waals surface area contributed by atoms with Gasteiger partial charge in [-0.3, -0.25) is 4.79 Å². The second kappa shape index (κ2) is 7.24. The van der Waals surface area contributed by atoms with Crippen molar-refractivity contribution < 1.29 is 4.79 Å². The van der Waals surface area contributed by atoms with Crippen LogP contribution in [0.1, 0.15) is 26.7 Å². The second-order valence-corrected chi connectivity index (χ2v) is 5.62. The van der Waals surface area contributed by atoms with E-state index < -0.39 is 0 Å². The molecule has 17 heavy (non-hydrogen) atoms. The van der Waals surface area contributed by atoms with Gasteiger partial charge in [0.2, 0.25) is 5.91 Å². The number of carbonyl (C=O) groups excluding carboxylic acids is 1. The molecular weight excluding hydrogens is 234 g/mol. The lowest BCUT2D eigenvalue weighted by atomic mass is 9.98. The Balaban J connectivity index is 2.32. The van der Waals surface area contributed by atoms with Crippen LogP contribution in [0.5, 0.6) is 0 Å². The maximum Gasteiger partial charge on any atom is 0.237 e. The van der Waals surface area contributed by atoms with Crippen molar-refractivity contribution in [2.45, 2.75) is 44.0 Å². The zero-order chi connectivity index (χ0) is 12.8. The number of carbonyl (C=O) groups is 1. The van der Waals surface area contributed by atoms with E-state index in [0.29, 0.717) is 23.8 Å². The summed E-state index contributed by atoms with van der Waals surface area (Å²) in [5, 5.41) is 9.88. The minimum absolute atomic E-state index is 0.0896. The van der Waals surface area contributed by atoms with Crippen molar-refractivity contribution >= 4 is 18.5 Å². The van der Waals surface area contributed by atoms with Crippen molar-refractivity contribution in [3.05, 3.63) is 0 Å². The highest BCUT2D eigenvalue weighted by molar-refractivity contribution is 7.81. The van der Waals surface area contributed by atoms with Crippen LogP contribution < -0.4 is 16.0 Å². The lowest BCUT2D eigenvalue weighted by Crippen LogP contribution is -2.49. The van der Waals surface area contributed by atoms with E-state index >= 15 is 0 Å². The molecule has 1 aliphatic rings. The largest absolute Gasteiger partial charge is 0.353 e. The molecule has 1 aliphatic heterocycles. The number of likely N-dealkylation sites (N-methyl/N-ethyl adjacent to an activating group) is 1. The highest BCUT2D eigenvalue weighted by Gasteiger charge is 2.25. The zero-order valence-electron chi connectivity index (χ0n) is 11.0. The van der Waals surface area contributed by atoms with Crippen LogP contribution in [-0.2, 0) is 4.79 Å². The fourth-order valence-electron chi connectivity index (χ4n) is 2.20. The molecule has 0 aliphatic carbocycles. The van der Waals surface area contributed by atoms with Crippen molar-refractivity contribution in [2.24, 2.45) is 5.92 Å². The van der Waals surface area contributed by atoms with E-state index in [1.165, 1.54) is 0 Å². The first kappa shape index (κ1) is 14.8. The predicted molar refractivity (Wildman–Crippen MR) is 74.5 cm³/mol. The SMILES string of the molecule is CC[C@H](C)[C@H](NC)C(=O)NCC1CC(S)CN1. The fraction of sp³-hybridized carbons (Fsp3) is 0.917. The summed E-state index contributed by atoms with van der Waals surface area (Å²) in [7, 11) is 1.84. The predicted octanol–water partition coefficient (Wildman–Crippen LogP) is 0.397. The van der Waals surface area contributed by atoms with Gasteiger partial charge in [0.15, 0.2) is 0 Å². The Morgan fingerprint density at radius 3 is 2.76 bits per heavy atom. The first-order chi connectivity index (χ1) is 8.08. The number of hydrogen-bond donors (Lipinski definition) is 4. The van der Waals surface area contributed by atoms with Gasteiger partial charge in [-0.25, -0.2) is 0 Å². The molecule has 0 radical (unpaired) electrons. The van der Waals surface area contributed by atoms with Crippen molar-refractivity contribution in [2.75, 3.05) is 20.1 Å². The van der Waals surface area contributed by atoms with E-state index in [2.05, 4.69) is 42.4 Å². The average Bonchev–Trinajstić information content (AvgIpc) is 2.73. The Morgan fingerprint density at radius 2 is 2.29 bits per heavy atom. The number of rotatable bonds is 6. The number of amides is 1. The summed E-state index contributed by atoms with van der Waals surface area (Å²) in [5.74, 6) is 0.459. The van der Waals surface area contributed by atoms with Crippen LogP contribution in [-0.4, -0.2) is 43.4 Å². The standard InChI is InChI=1S/C12H25N3OS/c1-4-8(2)11(13-3)12(16)15-6-9-5-10(17)7-14-9/h8-11,13-14,17H,4-7H2,1-3H3,(H,15,16)/t8-,9?,10?,11-/m0/s1. The fourth-order valence-corrected chi connectivity index (χ4v) is 2.56. The highest BCUT2D eigenvalue weighted by Crippen LogP contribution is 2.11. The smallest absolute Gasteiger partial charge is 0.237 e. The third-order valence-electron chi connectivity index (χ3n) is 3.53. The molecular formula is C12H25N3OS. The van der Waals surface area contributed by atoms with Crippen LogP contribution in [0.25, 0.3) is 0 Å². The molecule has 0 spiro atoms. The molecule has 0 aromatic heterocycles. The monoisotopic (exact) mass is 259 g/mol. The molecule has 1 amide bonds. The zero-order valence-corrected chi connectivity index (χ0v) is 11.9. The lowest BCUT2D eigenvalue weighted by Gasteiger charge is -2.22. The van der Waals surface area contributed by atoms with Crippen LogP contribution >= 0.6 is 12.6 Å². The Labute approximate surface area is 110 Å². The molecule has 100 valence electrons. The van der Waals surface area contributed by atoms with Crippen LogP contribution in [0.15, 0.2) is 0 Å². The molecule has 1 saturated heterocycles. The van der Waals surface area contributed by atoms with Crippen molar-refractivity contribution in [1.82, 2.24) is 16.0 Å². The quantitative estimate of drug-likeness (QED) is 0.522. The Hall–Kier alpha value is -0.260. The van der Waals surface area contributed by atoms with Crippen LogP contribution in [0, 0.1) is 5.92 Å². The molecule has 0 bridgehead atoms. The van der Waals surface area contributed by atoms with E-state index in [4.69, 9.17) is 0 Å². The van der Waals surface area contributed by atoms with Crippen LogP contribution in [0.2, 0.25) is 0 Å². The Kier molecular flexibility index (Phi) is 6.30. The molecule has 2 unspecified atom stereocenters. The van der Waals surface area contributed by atoms with Gasteiger partial charge in [0.25, 0.3) is 0 Å². The summed E-state index contributed by atoms with van der Waals surface area (Å²) in [6.07, 6.45) is 2.02. The third-order valence-corrected chi connectivity index (χ3v) is 3.92. The average molecular weight is 259 g/mol. The number of thiol groups is 1. The van der Waals surface area contributed by atoms with Gasteiger partial charge in [-0.05, 0) is 19.4 Å². The van der Waals surface area contributed by atoms with Gasteiger partial charge in [-0.15, -0.1) is 0 Å². The molecule has 4 atom stereocenters. The van der Waals surface area contributed by atoms with Crippen LogP contribution in [0.3, 0.4) is 0 Å². The summed E-state index contributed by atoms with van der Waals surface area (Å²) in [6.45, 7) is 5.83. The van der Waals surface area contributed by atoms with E-state index in [1.807, 2.05) is 7.05 Å². The second-order valence-electron chi connectivity index (χ2n) is 4.89. The Morgan fingerprint density at radius 1 is 1.59 bits per heavy atom. The van der Waals surface area contributed by atoms with Gasteiger partial charge in [-0.1, -0.05) is 20.3 Å². The minimum Gasteiger partial charge on any atom is -0.353 e. The van der Waals surface area contributed by atoms with E-state index in [-0.39, 0.29) is 11.9 Å². The highest BCUT2D eigenvalue weighted by atomic mass is 32.1. The first-order valence-electron chi connectivity index (χ1n) is 6.44. The summed E-state index contributed by atoms with van der Waals surface area (Å²) < 4.78 is 0. The maximum atomic E-state index is 12.0. The van der Waals surface area contributed by atoms with Crippen molar-refractivity contribution in [3.63, 3.8) is 0 Å². The van der Waals surface area contributed by atoms with Gasteiger partial charge in [0, 0.05) is 24.4 Å². The normalized spacial score (nSPS) is 27.8. The van der Waals surface area contributed by atoms with Crippen LogP contribution in [0.4, 0.5) is 0 Å². The molecule has 5 heteroatoms. The topological polar surface area (TPSA) is 53.2 Å². The summed E-state index contributed by atoms with van der Waals surface area (Å²) in [5.41, 5.74) is 0. The van der Waals surface area contributed by atoms with Crippen molar-refractivity contribution in [3.8, 4) is 0 Å². The Bertz CT molecular complexity index is 250. The molecule has 0 aromatic rings. The summed E-state index contributed by atoms with van der Waals surface area (Å²) in [4.78, 5) is 12.0. The van der Waals surface area contributed by atoms with E-state index in [0.717, 1.165) is 19.4 Å². The van der Waals surface area contributed by atoms with Gasteiger partial charge in [0.05, 0.1) is 6.04 Å². The molecule has 1 heterocycles. The molecule has 4 nitrogen and oxygen atoms in total. The maximum absolute atomic E-state index is 12.0. The molecule has 1 rings (SSSR count). The van der Waals surface area contributed by atoms with Gasteiger partial charge >= 0.3 is 0 Å². The van der Waals surface area contributed by atoms with Gasteiger partial charge in [-0.2, -0.15) is 12.6 Å².